The molecule has 0 saturated carbocycles. The van der Waals surface area contributed by atoms with Crippen molar-refractivity contribution in [2.24, 2.45) is 11.0 Å². The van der Waals surface area contributed by atoms with Gasteiger partial charge in [0, 0.05) is 29.1 Å². The van der Waals surface area contributed by atoms with Gasteiger partial charge in [0.1, 0.15) is 6.54 Å². The number of anilines is 1. The molecule has 0 aliphatic carbocycles. The second-order valence-electron chi connectivity index (χ2n) is 5.80. The van der Waals surface area contributed by atoms with Gasteiger partial charge < -0.3 is 14.2 Å². The molecule has 2 atom stereocenters. The van der Waals surface area contributed by atoms with Crippen molar-refractivity contribution in [3.8, 4) is 0 Å². The fraction of sp³-hybridized carbons (Fsp3) is 0.438. The van der Waals surface area contributed by atoms with Crippen LogP contribution in [0.4, 0.5) is 5.69 Å². The van der Waals surface area contributed by atoms with Crippen LogP contribution < -0.4 is 10.3 Å². The third-order valence-corrected chi connectivity index (χ3v) is 5.38. The van der Waals surface area contributed by atoms with Gasteiger partial charge in [0.05, 0.1) is 18.0 Å². The summed E-state index contributed by atoms with van der Waals surface area (Å²) >= 11 is -1.17. The number of ether oxygens (including phenoxy) is 1. The second-order valence-corrected chi connectivity index (χ2v) is 7.19. The van der Waals surface area contributed by atoms with Gasteiger partial charge in [0.25, 0.3) is 0 Å². The van der Waals surface area contributed by atoms with Gasteiger partial charge in [-0.05, 0) is 25.1 Å². The SMILES string of the molecule is CCOC(=O)CN1C[S+]([O-])c2ccc(C3=NNC(=O)CC3C)cc21. The summed E-state index contributed by atoms with van der Waals surface area (Å²) in [5.41, 5.74) is 4.89. The maximum Gasteiger partial charge on any atom is 0.325 e. The van der Waals surface area contributed by atoms with E-state index < -0.39 is 11.2 Å². The maximum atomic E-state index is 12.2. The lowest BCUT2D eigenvalue weighted by Gasteiger charge is -2.20. The molecule has 0 fully saturated rings. The second kappa shape index (κ2) is 6.82. The number of hydrogen-bond acceptors (Lipinski definition) is 6. The van der Waals surface area contributed by atoms with Crippen LogP contribution in [0, 0.1) is 5.92 Å². The molecule has 1 aromatic rings. The molecule has 0 bridgehead atoms. The molecule has 1 amide bonds. The average molecular weight is 349 g/mol. The molecule has 3 rings (SSSR count). The predicted molar refractivity (Wildman–Crippen MR) is 90.2 cm³/mol. The standard InChI is InChI=1S/C16H19N3O4S/c1-3-23-15(21)8-19-9-24(22)13-5-4-11(7-12(13)19)16-10(2)6-14(20)17-18-16/h4-5,7,10H,3,6,8-9H2,1-2H3,(H,17,20). The van der Waals surface area contributed by atoms with E-state index in [-0.39, 0.29) is 30.2 Å². The molecule has 8 heteroatoms. The highest BCUT2D eigenvalue weighted by Crippen LogP contribution is 2.35. The summed E-state index contributed by atoms with van der Waals surface area (Å²) in [4.78, 5) is 25.6. The van der Waals surface area contributed by atoms with Gasteiger partial charge in [0.15, 0.2) is 10.8 Å². The molecule has 0 spiro atoms. The molecule has 2 aliphatic heterocycles. The van der Waals surface area contributed by atoms with E-state index in [1.807, 2.05) is 19.1 Å². The van der Waals surface area contributed by atoms with Crippen LogP contribution in [-0.2, 0) is 25.5 Å². The highest BCUT2D eigenvalue weighted by Gasteiger charge is 2.34. The Morgan fingerprint density at radius 2 is 2.33 bits per heavy atom. The van der Waals surface area contributed by atoms with Crippen molar-refractivity contribution >= 4 is 34.5 Å². The van der Waals surface area contributed by atoms with E-state index in [9.17, 15) is 14.1 Å². The number of nitrogens with one attached hydrogen (secondary N) is 1. The van der Waals surface area contributed by atoms with Gasteiger partial charge in [-0.2, -0.15) is 5.10 Å². The first-order valence-corrected chi connectivity index (χ1v) is 9.11. The average Bonchev–Trinajstić information content (AvgIpc) is 2.83. The van der Waals surface area contributed by atoms with E-state index in [4.69, 9.17) is 4.74 Å². The van der Waals surface area contributed by atoms with Crippen LogP contribution in [0.1, 0.15) is 25.8 Å². The first-order valence-electron chi connectivity index (χ1n) is 7.79. The van der Waals surface area contributed by atoms with Gasteiger partial charge >= 0.3 is 5.97 Å². The predicted octanol–water partition coefficient (Wildman–Crippen LogP) is 0.995. The summed E-state index contributed by atoms with van der Waals surface area (Å²) in [7, 11) is 0. The van der Waals surface area contributed by atoms with Gasteiger partial charge in [-0.1, -0.05) is 6.92 Å². The molecule has 0 saturated heterocycles. The van der Waals surface area contributed by atoms with Crippen molar-refractivity contribution in [2.45, 2.75) is 25.2 Å². The largest absolute Gasteiger partial charge is 0.610 e. The number of fused-ring (bicyclic) bond motifs is 1. The van der Waals surface area contributed by atoms with Crippen LogP contribution in [0.3, 0.4) is 0 Å². The summed E-state index contributed by atoms with van der Waals surface area (Å²) in [5, 5.41) is 4.15. The normalized spacial score (nSPS) is 22.7. The summed E-state index contributed by atoms with van der Waals surface area (Å²) in [5.74, 6) is -0.167. The van der Waals surface area contributed by atoms with Crippen molar-refractivity contribution < 1.29 is 18.9 Å². The fourth-order valence-corrected chi connectivity index (χ4v) is 4.19. The Hall–Kier alpha value is -2.06. The van der Waals surface area contributed by atoms with Crippen LogP contribution >= 0.6 is 0 Å². The van der Waals surface area contributed by atoms with Crippen LogP contribution in [-0.4, -0.2) is 41.2 Å². The summed E-state index contributed by atoms with van der Waals surface area (Å²) < 4.78 is 17.2. The number of esters is 1. The van der Waals surface area contributed by atoms with E-state index in [0.29, 0.717) is 17.9 Å². The van der Waals surface area contributed by atoms with E-state index in [2.05, 4.69) is 10.5 Å². The van der Waals surface area contributed by atoms with E-state index in [0.717, 1.165) is 17.0 Å². The Morgan fingerprint density at radius 3 is 3.04 bits per heavy atom. The Labute approximate surface area is 143 Å². The van der Waals surface area contributed by atoms with Crippen molar-refractivity contribution in [3.63, 3.8) is 0 Å². The molecule has 24 heavy (non-hydrogen) atoms. The fourth-order valence-electron chi connectivity index (χ4n) is 2.89. The summed E-state index contributed by atoms with van der Waals surface area (Å²) in [6.07, 6.45) is 0.383. The molecule has 0 radical (unpaired) electrons. The summed E-state index contributed by atoms with van der Waals surface area (Å²) in [6, 6.07) is 5.54. The van der Waals surface area contributed by atoms with E-state index in [1.54, 1.807) is 17.9 Å². The highest BCUT2D eigenvalue weighted by molar-refractivity contribution is 7.92. The number of carbonyl (C=O) groups excluding carboxylic acids is 2. The van der Waals surface area contributed by atoms with E-state index >= 15 is 0 Å². The topological polar surface area (TPSA) is 94.1 Å². The van der Waals surface area contributed by atoms with Crippen LogP contribution in [0.5, 0.6) is 0 Å². The minimum absolute atomic E-state index is 0.00204. The minimum Gasteiger partial charge on any atom is -0.610 e. The number of amides is 1. The van der Waals surface area contributed by atoms with Crippen molar-refractivity contribution in [2.75, 3.05) is 23.9 Å². The van der Waals surface area contributed by atoms with Gasteiger partial charge in [0.2, 0.25) is 5.91 Å². The van der Waals surface area contributed by atoms with Crippen LogP contribution in [0.25, 0.3) is 0 Å². The summed E-state index contributed by atoms with van der Waals surface area (Å²) in [6.45, 7) is 4.08. The number of carbonyl (C=O) groups is 2. The molecular weight excluding hydrogens is 330 g/mol. The monoisotopic (exact) mass is 349 g/mol. The van der Waals surface area contributed by atoms with Crippen molar-refractivity contribution in [3.05, 3.63) is 23.8 Å². The highest BCUT2D eigenvalue weighted by atomic mass is 32.2. The van der Waals surface area contributed by atoms with Crippen molar-refractivity contribution in [1.29, 1.82) is 0 Å². The van der Waals surface area contributed by atoms with Gasteiger partial charge in [-0.3, -0.25) is 9.59 Å². The zero-order valence-corrected chi connectivity index (χ0v) is 14.4. The molecule has 1 aromatic carbocycles. The third kappa shape index (κ3) is 3.25. The maximum absolute atomic E-state index is 12.2. The Kier molecular flexibility index (Phi) is 4.77. The van der Waals surface area contributed by atoms with E-state index in [1.165, 1.54) is 0 Å². The molecule has 2 heterocycles. The molecule has 2 unspecified atom stereocenters. The Bertz CT molecular complexity index is 707. The molecule has 2 aliphatic rings. The molecule has 7 nitrogen and oxygen atoms in total. The number of benzene rings is 1. The molecule has 0 aromatic heterocycles. The number of nitrogens with zero attached hydrogens (tertiary/aromatic N) is 2. The third-order valence-electron chi connectivity index (χ3n) is 4.00. The lowest BCUT2D eigenvalue weighted by atomic mass is 9.94. The van der Waals surface area contributed by atoms with Gasteiger partial charge in [-0.25, -0.2) is 5.43 Å². The lowest BCUT2D eigenvalue weighted by Crippen LogP contribution is -2.32. The first-order chi connectivity index (χ1) is 11.5. The lowest BCUT2D eigenvalue weighted by molar-refractivity contribution is -0.141. The minimum atomic E-state index is -1.17. The van der Waals surface area contributed by atoms with Crippen LogP contribution in [0.2, 0.25) is 0 Å². The quantitative estimate of drug-likeness (QED) is 0.646. The van der Waals surface area contributed by atoms with Gasteiger partial charge in [-0.15, -0.1) is 0 Å². The van der Waals surface area contributed by atoms with Crippen molar-refractivity contribution in [1.82, 2.24) is 5.43 Å². The Morgan fingerprint density at radius 1 is 1.54 bits per heavy atom. The Balaban J connectivity index is 1.89. The zero-order chi connectivity index (χ0) is 17.3. The first kappa shape index (κ1) is 16.8. The molecule has 128 valence electrons. The number of hydrogen-bond donors (Lipinski definition) is 1. The zero-order valence-electron chi connectivity index (χ0n) is 13.6. The van der Waals surface area contributed by atoms with Crippen LogP contribution in [0.15, 0.2) is 28.2 Å². The molecular formula is C16H19N3O4S. The smallest absolute Gasteiger partial charge is 0.325 e. The number of rotatable bonds is 4. The molecule has 1 N–H and O–H groups in total. The number of hydrazone groups is 1.